The molecule has 0 radical (unpaired) electrons. The Morgan fingerprint density at radius 1 is 1.22 bits per heavy atom. The predicted molar refractivity (Wildman–Crippen MR) is 76.4 cm³/mol. The van der Waals surface area contributed by atoms with Crippen molar-refractivity contribution in [3.8, 4) is 5.75 Å². The second kappa shape index (κ2) is 6.24. The Hall–Kier alpha value is -1.02. The van der Waals surface area contributed by atoms with Crippen LogP contribution in [-0.2, 0) is 0 Å². The molecule has 1 N–H and O–H groups in total. The van der Waals surface area contributed by atoms with Gasteiger partial charge in [0, 0.05) is 6.04 Å². The van der Waals surface area contributed by atoms with Crippen LogP contribution in [0, 0.1) is 6.92 Å². The molecule has 100 valence electrons. The molecule has 1 saturated carbocycles. The summed E-state index contributed by atoms with van der Waals surface area (Å²) in [6.07, 6.45) is 6.51. The summed E-state index contributed by atoms with van der Waals surface area (Å²) in [7, 11) is 3.86. The van der Waals surface area contributed by atoms with Crippen molar-refractivity contribution in [1.82, 2.24) is 5.32 Å². The number of ether oxygens (including phenoxy) is 1. The summed E-state index contributed by atoms with van der Waals surface area (Å²) in [4.78, 5) is 0. The van der Waals surface area contributed by atoms with Crippen LogP contribution in [0.2, 0.25) is 0 Å². The average molecular weight is 247 g/mol. The molecule has 0 bridgehead atoms. The molecule has 2 rings (SSSR count). The van der Waals surface area contributed by atoms with Gasteiger partial charge in [0.05, 0.1) is 7.11 Å². The largest absolute Gasteiger partial charge is 0.496 e. The summed E-state index contributed by atoms with van der Waals surface area (Å²) in [6.45, 7) is 2.16. The molecular formula is C16H25NO. The van der Waals surface area contributed by atoms with E-state index in [1.54, 1.807) is 7.11 Å². The Labute approximate surface area is 111 Å². The standard InChI is InChI=1S/C16H25NO/c1-12-8-9-16(18-3)15(10-12)13-6-4-5-7-14(11-13)17-2/h8-10,13-14,17H,4-7,11H2,1-3H3. The highest BCUT2D eigenvalue weighted by Crippen LogP contribution is 2.37. The van der Waals surface area contributed by atoms with E-state index in [2.05, 4.69) is 37.5 Å². The average Bonchev–Trinajstić information content (AvgIpc) is 2.64. The quantitative estimate of drug-likeness (QED) is 0.823. The van der Waals surface area contributed by atoms with Crippen LogP contribution < -0.4 is 10.1 Å². The fourth-order valence-corrected chi connectivity index (χ4v) is 3.08. The number of hydrogen-bond acceptors (Lipinski definition) is 2. The lowest BCUT2D eigenvalue weighted by molar-refractivity contribution is 0.397. The summed E-state index contributed by atoms with van der Waals surface area (Å²) in [6, 6.07) is 7.21. The fraction of sp³-hybridized carbons (Fsp3) is 0.625. The van der Waals surface area contributed by atoms with Gasteiger partial charge in [0.15, 0.2) is 0 Å². The molecule has 2 atom stereocenters. The first-order valence-electron chi connectivity index (χ1n) is 7.06. The van der Waals surface area contributed by atoms with Gasteiger partial charge in [-0.25, -0.2) is 0 Å². The van der Waals surface area contributed by atoms with Crippen molar-refractivity contribution in [3.63, 3.8) is 0 Å². The van der Waals surface area contributed by atoms with Gasteiger partial charge in [-0.2, -0.15) is 0 Å². The molecule has 0 spiro atoms. The van der Waals surface area contributed by atoms with E-state index in [1.165, 1.54) is 43.2 Å². The summed E-state index contributed by atoms with van der Waals surface area (Å²) in [5.41, 5.74) is 2.73. The summed E-state index contributed by atoms with van der Waals surface area (Å²) in [5, 5.41) is 3.45. The van der Waals surface area contributed by atoms with Gasteiger partial charge in [0.2, 0.25) is 0 Å². The van der Waals surface area contributed by atoms with Gasteiger partial charge >= 0.3 is 0 Å². The molecule has 0 aliphatic heterocycles. The van der Waals surface area contributed by atoms with Crippen molar-refractivity contribution in [3.05, 3.63) is 29.3 Å². The van der Waals surface area contributed by atoms with Gasteiger partial charge in [-0.1, -0.05) is 30.5 Å². The maximum Gasteiger partial charge on any atom is 0.122 e. The van der Waals surface area contributed by atoms with E-state index in [-0.39, 0.29) is 0 Å². The minimum atomic E-state index is 0.639. The number of hydrogen-bond donors (Lipinski definition) is 1. The molecule has 18 heavy (non-hydrogen) atoms. The Balaban J connectivity index is 2.25. The second-order valence-electron chi connectivity index (χ2n) is 5.45. The van der Waals surface area contributed by atoms with E-state index >= 15 is 0 Å². The Bertz CT molecular complexity index is 389. The zero-order chi connectivity index (χ0) is 13.0. The Kier molecular flexibility index (Phi) is 4.65. The lowest BCUT2D eigenvalue weighted by atomic mass is 9.89. The monoisotopic (exact) mass is 247 g/mol. The summed E-state index contributed by atoms with van der Waals surface area (Å²) >= 11 is 0. The van der Waals surface area contributed by atoms with Crippen molar-refractivity contribution in [2.24, 2.45) is 0 Å². The van der Waals surface area contributed by atoms with Crippen molar-refractivity contribution >= 4 is 0 Å². The molecule has 1 aliphatic rings. The van der Waals surface area contributed by atoms with Gasteiger partial charge in [0.25, 0.3) is 0 Å². The molecule has 2 heteroatoms. The van der Waals surface area contributed by atoms with E-state index in [1.807, 2.05) is 0 Å². The Morgan fingerprint density at radius 2 is 2.00 bits per heavy atom. The SMILES string of the molecule is CNC1CCCCC(c2cc(C)ccc2OC)C1. The highest BCUT2D eigenvalue weighted by atomic mass is 16.5. The van der Waals surface area contributed by atoms with Crippen LogP contribution in [0.1, 0.15) is 49.1 Å². The van der Waals surface area contributed by atoms with Crippen LogP contribution in [0.5, 0.6) is 5.75 Å². The topological polar surface area (TPSA) is 21.3 Å². The van der Waals surface area contributed by atoms with Gasteiger partial charge in [0.1, 0.15) is 5.75 Å². The minimum Gasteiger partial charge on any atom is -0.496 e. The van der Waals surface area contributed by atoms with Crippen LogP contribution in [0.15, 0.2) is 18.2 Å². The van der Waals surface area contributed by atoms with E-state index in [4.69, 9.17) is 4.74 Å². The van der Waals surface area contributed by atoms with Crippen LogP contribution in [0.25, 0.3) is 0 Å². The summed E-state index contributed by atoms with van der Waals surface area (Å²) in [5.74, 6) is 1.70. The van der Waals surface area contributed by atoms with E-state index in [0.717, 1.165) is 5.75 Å². The zero-order valence-corrected chi connectivity index (χ0v) is 11.8. The van der Waals surface area contributed by atoms with E-state index in [9.17, 15) is 0 Å². The van der Waals surface area contributed by atoms with Crippen LogP contribution in [-0.4, -0.2) is 20.2 Å². The zero-order valence-electron chi connectivity index (χ0n) is 11.8. The molecule has 0 amide bonds. The maximum atomic E-state index is 5.54. The molecule has 0 saturated heterocycles. The van der Waals surface area contributed by atoms with E-state index in [0.29, 0.717) is 12.0 Å². The first kappa shape index (κ1) is 13.4. The predicted octanol–water partition coefficient (Wildman–Crippen LogP) is 3.64. The normalized spacial score (nSPS) is 24.6. The third-order valence-corrected chi connectivity index (χ3v) is 4.16. The van der Waals surface area contributed by atoms with Gasteiger partial charge in [-0.05, 0) is 50.8 Å². The van der Waals surface area contributed by atoms with E-state index < -0.39 is 0 Å². The molecule has 1 fully saturated rings. The Morgan fingerprint density at radius 3 is 2.72 bits per heavy atom. The lowest BCUT2D eigenvalue weighted by Gasteiger charge is -2.22. The molecule has 2 unspecified atom stereocenters. The van der Waals surface area contributed by atoms with Gasteiger partial charge in [-0.15, -0.1) is 0 Å². The number of benzene rings is 1. The smallest absolute Gasteiger partial charge is 0.122 e. The van der Waals surface area contributed by atoms with Crippen molar-refractivity contribution < 1.29 is 4.74 Å². The molecular weight excluding hydrogens is 222 g/mol. The lowest BCUT2D eigenvalue weighted by Crippen LogP contribution is -2.25. The first-order valence-corrected chi connectivity index (χ1v) is 7.06. The highest BCUT2D eigenvalue weighted by molar-refractivity contribution is 5.39. The van der Waals surface area contributed by atoms with Crippen LogP contribution in [0.4, 0.5) is 0 Å². The molecule has 1 aliphatic carbocycles. The maximum absolute atomic E-state index is 5.54. The van der Waals surface area contributed by atoms with Gasteiger partial charge in [-0.3, -0.25) is 0 Å². The fourth-order valence-electron chi connectivity index (χ4n) is 3.08. The molecule has 2 nitrogen and oxygen atoms in total. The molecule has 0 heterocycles. The highest BCUT2D eigenvalue weighted by Gasteiger charge is 2.22. The van der Waals surface area contributed by atoms with Gasteiger partial charge < -0.3 is 10.1 Å². The minimum absolute atomic E-state index is 0.639. The molecule has 1 aromatic carbocycles. The van der Waals surface area contributed by atoms with Crippen molar-refractivity contribution in [2.75, 3.05) is 14.2 Å². The van der Waals surface area contributed by atoms with Crippen LogP contribution >= 0.6 is 0 Å². The number of methoxy groups -OCH3 is 1. The van der Waals surface area contributed by atoms with Crippen LogP contribution in [0.3, 0.4) is 0 Å². The third kappa shape index (κ3) is 3.05. The molecule has 1 aromatic rings. The number of nitrogens with one attached hydrogen (secondary N) is 1. The van der Waals surface area contributed by atoms with Crippen molar-refractivity contribution in [2.45, 2.75) is 51.0 Å². The third-order valence-electron chi connectivity index (χ3n) is 4.16. The number of rotatable bonds is 3. The number of aryl methyl sites for hydroxylation is 1. The molecule has 0 aromatic heterocycles. The summed E-state index contributed by atoms with van der Waals surface area (Å²) < 4.78 is 5.54. The van der Waals surface area contributed by atoms with Crippen molar-refractivity contribution in [1.29, 1.82) is 0 Å². The first-order chi connectivity index (χ1) is 8.74. The second-order valence-corrected chi connectivity index (χ2v) is 5.45.